The first-order chi connectivity index (χ1) is 9.93. The van der Waals surface area contributed by atoms with Gasteiger partial charge < -0.3 is 4.90 Å². The normalized spacial score (nSPS) is 12.6. The summed E-state index contributed by atoms with van der Waals surface area (Å²) in [5.74, 6) is 0. The first-order valence-corrected chi connectivity index (χ1v) is 6.44. The van der Waals surface area contributed by atoms with E-state index in [9.17, 15) is 26.3 Å². The van der Waals surface area contributed by atoms with Gasteiger partial charge in [-0.1, -0.05) is 13.8 Å². The molecule has 1 aromatic rings. The Bertz CT molecular complexity index is 515. The molecule has 0 N–H and O–H groups in total. The van der Waals surface area contributed by atoms with E-state index >= 15 is 0 Å². The molecule has 22 heavy (non-hydrogen) atoms. The minimum absolute atomic E-state index is 0.168. The number of aliphatic imine (C=N–C) groups is 1. The van der Waals surface area contributed by atoms with Gasteiger partial charge in [0.25, 0.3) is 0 Å². The number of hydrogen-bond acceptors (Lipinski definition) is 2. The van der Waals surface area contributed by atoms with Crippen molar-refractivity contribution in [2.24, 2.45) is 4.99 Å². The molecular weight excluding hydrogens is 310 g/mol. The quantitative estimate of drug-likeness (QED) is 0.520. The van der Waals surface area contributed by atoms with Crippen LogP contribution in [-0.4, -0.2) is 26.0 Å². The molecule has 0 aromatic heterocycles. The van der Waals surface area contributed by atoms with Crippen LogP contribution in [0.5, 0.6) is 0 Å². The van der Waals surface area contributed by atoms with Crippen molar-refractivity contribution >= 4 is 17.1 Å². The van der Waals surface area contributed by atoms with Gasteiger partial charge in [0.05, 0.1) is 16.9 Å². The highest BCUT2D eigenvalue weighted by Gasteiger charge is 2.34. The Labute approximate surface area is 125 Å². The molecule has 0 saturated heterocycles. The van der Waals surface area contributed by atoms with Gasteiger partial charge in [-0.2, -0.15) is 26.3 Å². The van der Waals surface area contributed by atoms with E-state index in [0.717, 1.165) is 12.1 Å². The highest BCUT2D eigenvalue weighted by atomic mass is 19.4. The van der Waals surface area contributed by atoms with Crippen LogP contribution in [-0.2, 0) is 6.18 Å². The van der Waals surface area contributed by atoms with E-state index in [0.29, 0.717) is 13.0 Å². The smallest absolute Gasteiger partial charge is 0.376 e. The van der Waals surface area contributed by atoms with Crippen LogP contribution in [0.1, 0.15) is 26.3 Å². The molecule has 0 bridgehead atoms. The molecule has 0 spiro atoms. The van der Waals surface area contributed by atoms with Crippen molar-refractivity contribution in [1.29, 1.82) is 0 Å². The van der Waals surface area contributed by atoms with Crippen LogP contribution in [0.3, 0.4) is 0 Å². The maximum atomic E-state index is 12.6. The van der Waals surface area contributed by atoms with Crippen LogP contribution in [0, 0.1) is 0 Å². The first-order valence-electron chi connectivity index (χ1n) is 6.44. The molecule has 0 radical (unpaired) electrons. The van der Waals surface area contributed by atoms with Crippen molar-refractivity contribution < 1.29 is 26.3 Å². The Balaban J connectivity index is 0.00000211. The molecule has 0 atom stereocenters. The largest absolute Gasteiger partial charge is 0.429 e. The molecule has 1 rings (SSSR count). The van der Waals surface area contributed by atoms with Crippen LogP contribution in [0.25, 0.3) is 0 Å². The zero-order valence-electron chi connectivity index (χ0n) is 12.9. The van der Waals surface area contributed by atoms with Crippen LogP contribution in [0.15, 0.2) is 23.2 Å². The Hall–Kier alpha value is -1.73. The average Bonchev–Trinajstić information content (AvgIpc) is 2.38. The highest BCUT2D eigenvalue weighted by Crippen LogP contribution is 2.37. The molecule has 1 aromatic carbocycles. The summed E-state index contributed by atoms with van der Waals surface area (Å²) in [6, 6.07) is 2.49. The number of hydrogen-bond donors (Lipinski definition) is 0. The Morgan fingerprint density at radius 1 is 1.00 bits per heavy atom. The van der Waals surface area contributed by atoms with Gasteiger partial charge in [0.2, 0.25) is 0 Å². The first kappa shape index (κ1) is 20.3. The topological polar surface area (TPSA) is 15.6 Å². The van der Waals surface area contributed by atoms with Gasteiger partial charge in [0.1, 0.15) is 5.71 Å². The van der Waals surface area contributed by atoms with Crippen molar-refractivity contribution in [3.63, 3.8) is 0 Å². The van der Waals surface area contributed by atoms with Crippen molar-refractivity contribution in [1.82, 2.24) is 0 Å². The molecule has 0 amide bonds. The second-order valence-corrected chi connectivity index (χ2v) is 4.29. The number of alkyl halides is 6. The van der Waals surface area contributed by atoms with Crippen LogP contribution in [0.2, 0.25) is 0 Å². The number of halogens is 6. The fraction of sp³-hybridized carbons (Fsp3) is 0.500. The third-order valence-corrected chi connectivity index (χ3v) is 2.48. The number of nitrogens with zero attached hydrogens (tertiary/aromatic N) is 2. The van der Waals surface area contributed by atoms with Gasteiger partial charge in [0, 0.05) is 14.1 Å². The lowest BCUT2D eigenvalue weighted by Gasteiger charge is -2.18. The van der Waals surface area contributed by atoms with Crippen molar-refractivity contribution in [2.45, 2.75) is 33.1 Å². The lowest BCUT2D eigenvalue weighted by molar-refractivity contribution is -0.137. The standard InChI is InChI=1S/C12H12F6N2.C2H6/c1-7(11(13,14)15)19-9-6-8(12(16,17)18)4-5-10(9)20(2)3;1-2/h4-6H,1-3H3;1-2H3. The van der Waals surface area contributed by atoms with Gasteiger partial charge in [-0.05, 0) is 25.1 Å². The average molecular weight is 328 g/mol. The van der Waals surface area contributed by atoms with Crippen molar-refractivity contribution in [2.75, 3.05) is 19.0 Å². The van der Waals surface area contributed by atoms with E-state index < -0.39 is 23.6 Å². The van der Waals surface area contributed by atoms with Crippen molar-refractivity contribution in [3.8, 4) is 0 Å². The van der Waals surface area contributed by atoms with Gasteiger partial charge in [-0.3, -0.25) is 0 Å². The SMILES string of the molecule is CC.CC(=Nc1cc(C(F)(F)F)ccc1N(C)C)C(F)(F)F. The molecular formula is C14H18F6N2. The second-order valence-electron chi connectivity index (χ2n) is 4.29. The Morgan fingerprint density at radius 2 is 1.50 bits per heavy atom. The van der Waals surface area contributed by atoms with Crippen molar-refractivity contribution in [3.05, 3.63) is 23.8 Å². The summed E-state index contributed by atoms with van der Waals surface area (Å²) in [5, 5.41) is 0. The summed E-state index contributed by atoms with van der Waals surface area (Å²) in [5.41, 5.74) is -2.46. The predicted molar refractivity (Wildman–Crippen MR) is 75.9 cm³/mol. The minimum atomic E-state index is -4.68. The summed E-state index contributed by atoms with van der Waals surface area (Å²) in [4.78, 5) is 4.67. The third-order valence-electron chi connectivity index (χ3n) is 2.48. The summed E-state index contributed by atoms with van der Waals surface area (Å²) >= 11 is 0. The lowest BCUT2D eigenvalue weighted by atomic mass is 10.1. The van der Waals surface area contributed by atoms with Gasteiger partial charge in [0.15, 0.2) is 0 Å². The molecule has 0 fully saturated rings. The molecule has 0 aliphatic carbocycles. The molecule has 0 heterocycles. The molecule has 0 aliphatic heterocycles. The molecule has 8 heteroatoms. The Kier molecular flexibility index (Phi) is 6.92. The fourth-order valence-corrected chi connectivity index (χ4v) is 1.41. The molecule has 126 valence electrons. The van der Waals surface area contributed by atoms with E-state index in [1.165, 1.54) is 19.0 Å². The van der Waals surface area contributed by atoms with E-state index in [1.807, 2.05) is 13.8 Å². The van der Waals surface area contributed by atoms with E-state index in [2.05, 4.69) is 4.99 Å². The van der Waals surface area contributed by atoms with E-state index in [1.54, 1.807) is 0 Å². The second kappa shape index (κ2) is 7.51. The molecule has 0 aliphatic rings. The number of rotatable bonds is 2. The summed E-state index contributed by atoms with van der Waals surface area (Å²) < 4.78 is 75.1. The lowest BCUT2D eigenvalue weighted by Crippen LogP contribution is -2.19. The Morgan fingerprint density at radius 3 is 1.86 bits per heavy atom. The number of benzene rings is 1. The molecule has 2 nitrogen and oxygen atoms in total. The number of anilines is 1. The van der Waals surface area contributed by atoms with Crippen LogP contribution >= 0.6 is 0 Å². The van der Waals surface area contributed by atoms with Gasteiger partial charge in [-0.25, -0.2) is 4.99 Å². The highest BCUT2D eigenvalue weighted by molar-refractivity contribution is 5.91. The maximum Gasteiger partial charge on any atom is 0.429 e. The van der Waals surface area contributed by atoms with E-state index in [4.69, 9.17) is 0 Å². The van der Waals surface area contributed by atoms with E-state index in [-0.39, 0.29) is 11.4 Å². The van der Waals surface area contributed by atoms with Crippen LogP contribution < -0.4 is 4.90 Å². The molecule has 0 unspecified atom stereocenters. The maximum absolute atomic E-state index is 12.6. The van der Waals surface area contributed by atoms with Gasteiger partial charge >= 0.3 is 12.4 Å². The minimum Gasteiger partial charge on any atom is -0.376 e. The van der Waals surface area contributed by atoms with Crippen LogP contribution in [0.4, 0.5) is 37.7 Å². The predicted octanol–water partition coefficient (Wildman–Crippen LogP) is 5.45. The monoisotopic (exact) mass is 328 g/mol. The zero-order valence-corrected chi connectivity index (χ0v) is 12.9. The summed E-state index contributed by atoms with van der Waals surface area (Å²) in [6.07, 6.45) is -9.32. The molecule has 0 saturated carbocycles. The van der Waals surface area contributed by atoms with Gasteiger partial charge in [-0.15, -0.1) is 0 Å². The summed E-state index contributed by atoms with van der Waals surface area (Å²) in [6.45, 7) is 4.71. The fourth-order valence-electron chi connectivity index (χ4n) is 1.41. The third kappa shape index (κ3) is 5.57. The summed E-state index contributed by atoms with van der Waals surface area (Å²) in [7, 11) is 3.01. The zero-order chi connectivity index (χ0) is 17.7.